The number of carbonyl (C=O) groups is 1. The van der Waals surface area contributed by atoms with Gasteiger partial charge in [-0.05, 0) is 24.6 Å². The van der Waals surface area contributed by atoms with Gasteiger partial charge in [-0.3, -0.25) is 4.79 Å². The van der Waals surface area contributed by atoms with Gasteiger partial charge in [0.15, 0.2) is 0 Å². The maximum atomic E-state index is 13.0. The zero-order valence-corrected chi connectivity index (χ0v) is 10.2. The van der Waals surface area contributed by atoms with Gasteiger partial charge in [0.2, 0.25) is 0 Å². The van der Waals surface area contributed by atoms with E-state index in [9.17, 15) is 9.18 Å². The smallest absolute Gasteiger partial charge is 0.251 e. The molecule has 98 valence electrons. The first kappa shape index (κ1) is 13.0. The van der Waals surface area contributed by atoms with Crippen LogP contribution in [0.5, 0.6) is 0 Å². The number of methoxy groups -OCH3 is 1. The van der Waals surface area contributed by atoms with Crippen molar-refractivity contribution in [1.29, 1.82) is 0 Å². The van der Waals surface area contributed by atoms with Gasteiger partial charge in [0.1, 0.15) is 11.9 Å². The molecule has 2 rings (SSSR count). The quantitative estimate of drug-likeness (QED) is 0.884. The van der Waals surface area contributed by atoms with Gasteiger partial charge < -0.3 is 14.8 Å². The summed E-state index contributed by atoms with van der Waals surface area (Å²) < 4.78 is 23.5. The van der Waals surface area contributed by atoms with Gasteiger partial charge in [0, 0.05) is 19.3 Å². The maximum Gasteiger partial charge on any atom is 0.251 e. The Morgan fingerprint density at radius 1 is 1.56 bits per heavy atom. The monoisotopic (exact) mass is 253 g/mol. The summed E-state index contributed by atoms with van der Waals surface area (Å²) in [5.74, 6) is -0.707. The Kier molecular flexibility index (Phi) is 4.28. The molecule has 0 saturated carbocycles. The van der Waals surface area contributed by atoms with E-state index in [0.29, 0.717) is 25.2 Å². The number of hydrogen-bond acceptors (Lipinski definition) is 3. The molecule has 4 nitrogen and oxygen atoms in total. The van der Waals surface area contributed by atoms with E-state index < -0.39 is 5.82 Å². The van der Waals surface area contributed by atoms with Crippen molar-refractivity contribution in [2.24, 2.45) is 0 Å². The van der Waals surface area contributed by atoms with Crippen LogP contribution >= 0.6 is 0 Å². The average molecular weight is 253 g/mol. The lowest BCUT2D eigenvalue weighted by Gasteiger charge is -2.31. The third kappa shape index (κ3) is 3.05. The van der Waals surface area contributed by atoms with Gasteiger partial charge >= 0.3 is 0 Å². The average Bonchev–Trinajstić information content (AvgIpc) is 2.39. The Hall–Kier alpha value is -1.46. The van der Waals surface area contributed by atoms with Crippen molar-refractivity contribution in [3.05, 3.63) is 35.6 Å². The molecule has 0 radical (unpaired) electrons. The second kappa shape index (κ2) is 5.93. The lowest BCUT2D eigenvalue weighted by molar-refractivity contribution is -0.0479. The number of carbonyl (C=O) groups excluding carboxylic acids is 1. The van der Waals surface area contributed by atoms with E-state index >= 15 is 0 Å². The highest BCUT2D eigenvalue weighted by Gasteiger charge is 2.27. The number of rotatable bonds is 3. The fourth-order valence-corrected chi connectivity index (χ4v) is 1.99. The first-order chi connectivity index (χ1) is 8.70. The minimum Gasteiger partial charge on any atom is -0.379 e. The summed E-state index contributed by atoms with van der Waals surface area (Å²) >= 11 is 0. The molecule has 1 saturated heterocycles. The third-order valence-corrected chi connectivity index (χ3v) is 3.01. The van der Waals surface area contributed by atoms with Crippen LogP contribution in [-0.2, 0) is 9.47 Å². The van der Waals surface area contributed by atoms with E-state index in [-0.39, 0.29) is 18.1 Å². The van der Waals surface area contributed by atoms with E-state index in [2.05, 4.69) is 5.32 Å². The number of amides is 1. The van der Waals surface area contributed by atoms with Gasteiger partial charge in [0.25, 0.3) is 5.91 Å². The normalized spacial score (nSPS) is 23.7. The summed E-state index contributed by atoms with van der Waals surface area (Å²) in [4.78, 5) is 12.0. The van der Waals surface area contributed by atoms with Crippen molar-refractivity contribution >= 4 is 5.91 Å². The highest BCUT2D eigenvalue weighted by molar-refractivity contribution is 5.94. The van der Waals surface area contributed by atoms with Crippen LogP contribution in [0.2, 0.25) is 0 Å². The summed E-state index contributed by atoms with van der Waals surface area (Å²) in [5, 5.41) is 2.85. The minimum absolute atomic E-state index is 0.0977. The first-order valence-electron chi connectivity index (χ1n) is 5.87. The van der Waals surface area contributed by atoms with E-state index in [4.69, 9.17) is 9.47 Å². The highest BCUT2D eigenvalue weighted by atomic mass is 19.1. The lowest BCUT2D eigenvalue weighted by atomic mass is 10.1. The molecule has 1 aromatic rings. The summed E-state index contributed by atoms with van der Waals surface area (Å²) in [6.45, 7) is 1.05. The third-order valence-electron chi connectivity index (χ3n) is 3.01. The Bertz CT molecular complexity index is 424. The van der Waals surface area contributed by atoms with Gasteiger partial charge in [0.05, 0.1) is 12.6 Å². The molecule has 1 aliphatic rings. The standard InChI is InChI=1S/C13H16FNO3/c1-17-12-8-18-6-5-11(12)15-13(16)9-3-2-4-10(14)7-9/h2-4,7,11-12H,5-6,8H2,1H3,(H,15,16)/t11-,12-/m1/s1. The predicted octanol–water partition coefficient (Wildman–Crippen LogP) is 1.36. The Morgan fingerprint density at radius 3 is 3.11 bits per heavy atom. The molecule has 0 aliphatic carbocycles. The highest BCUT2D eigenvalue weighted by Crippen LogP contribution is 2.12. The summed E-state index contributed by atoms with van der Waals surface area (Å²) in [5.41, 5.74) is 0.316. The molecule has 0 unspecified atom stereocenters. The molecule has 1 N–H and O–H groups in total. The molecule has 1 aliphatic heterocycles. The second-order valence-corrected chi connectivity index (χ2v) is 4.23. The zero-order chi connectivity index (χ0) is 13.0. The number of ether oxygens (including phenoxy) is 2. The summed E-state index contributed by atoms with van der Waals surface area (Å²) in [6.07, 6.45) is 0.538. The molecule has 5 heteroatoms. The van der Waals surface area contributed by atoms with Gasteiger partial charge in [-0.25, -0.2) is 4.39 Å². The Labute approximate surface area is 105 Å². The number of hydrogen-bond donors (Lipinski definition) is 1. The van der Waals surface area contributed by atoms with Crippen LogP contribution in [0.4, 0.5) is 4.39 Å². The van der Waals surface area contributed by atoms with Crippen LogP contribution in [0.25, 0.3) is 0 Å². The minimum atomic E-state index is -0.419. The van der Waals surface area contributed by atoms with E-state index in [0.717, 1.165) is 0 Å². The van der Waals surface area contributed by atoms with Gasteiger partial charge in [-0.2, -0.15) is 0 Å². The number of halogens is 1. The van der Waals surface area contributed by atoms with Crippen molar-refractivity contribution in [1.82, 2.24) is 5.32 Å². The summed E-state index contributed by atoms with van der Waals surface area (Å²) in [7, 11) is 1.58. The maximum absolute atomic E-state index is 13.0. The van der Waals surface area contributed by atoms with E-state index in [1.165, 1.54) is 18.2 Å². The van der Waals surface area contributed by atoms with Crippen LogP contribution in [0, 0.1) is 5.82 Å². The molecular weight excluding hydrogens is 237 g/mol. The van der Waals surface area contributed by atoms with E-state index in [1.807, 2.05) is 0 Å². The molecule has 1 heterocycles. The largest absolute Gasteiger partial charge is 0.379 e. The van der Waals surface area contributed by atoms with E-state index in [1.54, 1.807) is 13.2 Å². The van der Waals surface area contributed by atoms with Crippen LogP contribution in [-0.4, -0.2) is 38.4 Å². The van der Waals surface area contributed by atoms with Gasteiger partial charge in [-0.1, -0.05) is 6.07 Å². The van der Waals surface area contributed by atoms with Crippen molar-refractivity contribution in [3.63, 3.8) is 0 Å². The molecule has 1 amide bonds. The zero-order valence-electron chi connectivity index (χ0n) is 10.2. The molecular formula is C13H16FNO3. The molecule has 2 atom stereocenters. The van der Waals surface area contributed by atoms with Crippen molar-refractivity contribution in [2.75, 3.05) is 20.3 Å². The van der Waals surface area contributed by atoms with Crippen molar-refractivity contribution in [2.45, 2.75) is 18.6 Å². The van der Waals surface area contributed by atoms with Crippen molar-refractivity contribution in [3.8, 4) is 0 Å². The molecule has 1 aromatic carbocycles. The SMILES string of the molecule is CO[C@@H]1COCC[C@H]1NC(=O)c1cccc(F)c1. The lowest BCUT2D eigenvalue weighted by Crippen LogP contribution is -2.49. The Morgan fingerprint density at radius 2 is 2.39 bits per heavy atom. The first-order valence-corrected chi connectivity index (χ1v) is 5.87. The molecule has 0 bridgehead atoms. The second-order valence-electron chi connectivity index (χ2n) is 4.23. The number of nitrogens with one attached hydrogen (secondary N) is 1. The fourth-order valence-electron chi connectivity index (χ4n) is 1.99. The molecule has 1 fully saturated rings. The predicted molar refractivity (Wildman–Crippen MR) is 63.9 cm³/mol. The topological polar surface area (TPSA) is 47.6 Å². The fraction of sp³-hybridized carbons (Fsp3) is 0.462. The van der Waals surface area contributed by atoms with Gasteiger partial charge in [-0.15, -0.1) is 0 Å². The molecule has 0 spiro atoms. The van der Waals surface area contributed by atoms with Crippen LogP contribution in [0.3, 0.4) is 0 Å². The van der Waals surface area contributed by atoms with Crippen LogP contribution < -0.4 is 5.32 Å². The summed E-state index contributed by atoms with van der Waals surface area (Å²) in [6, 6.07) is 5.53. The number of benzene rings is 1. The van der Waals surface area contributed by atoms with Crippen LogP contribution in [0.15, 0.2) is 24.3 Å². The molecule has 0 aromatic heterocycles. The van der Waals surface area contributed by atoms with Crippen molar-refractivity contribution < 1.29 is 18.7 Å². The molecule has 18 heavy (non-hydrogen) atoms. The van der Waals surface area contributed by atoms with Crippen LogP contribution in [0.1, 0.15) is 16.8 Å². The Balaban J connectivity index is 2.02.